The number of ether oxygens (including phenoxy) is 1. The molecule has 2 aromatic carbocycles. The van der Waals surface area contributed by atoms with E-state index in [2.05, 4.69) is 5.32 Å². The first-order valence-electron chi connectivity index (χ1n) is 8.38. The zero-order valence-corrected chi connectivity index (χ0v) is 14.4. The molecule has 2 amide bonds. The Bertz CT molecular complexity index is 743. The quantitative estimate of drug-likeness (QED) is 0.910. The molecule has 0 aromatic heterocycles. The number of nitrogens with zero attached hydrogens (tertiary/aromatic N) is 1. The molecule has 1 saturated heterocycles. The van der Waals surface area contributed by atoms with Crippen LogP contribution in [0, 0.1) is 5.92 Å². The normalized spacial score (nSPS) is 18.1. The third-order valence-corrected chi connectivity index (χ3v) is 4.64. The molecule has 0 spiro atoms. The fraction of sp³-hybridized carbons (Fsp3) is 0.300. The lowest BCUT2D eigenvalue weighted by Crippen LogP contribution is -2.30. The number of nitrogens with one attached hydrogen (secondary N) is 1. The summed E-state index contributed by atoms with van der Waals surface area (Å²) in [5.41, 5.74) is 1.78. The van der Waals surface area contributed by atoms with Crippen molar-refractivity contribution in [3.63, 3.8) is 0 Å². The number of methoxy groups -OCH3 is 1. The molecule has 0 saturated carbocycles. The van der Waals surface area contributed by atoms with Crippen molar-refractivity contribution in [2.24, 2.45) is 5.92 Å². The van der Waals surface area contributed by atoms with Gasteiger partial charge in [0.15, 0.2) is 0 Å². The number of hydrogen-bond acceptors (Lipinski definition) is 3. The zero-order chi connectivity index (χ0) is 17.8. The third-order valence-electron chi connectivity index (χ3n) is 4.64. The van der Waals surface area contributed by atoms with Crippen molar-refractivity contribution in [1.82, 2.24) is 4.90 Å². The fourth-order valence-corrected chi connectivity index (χ4v) is 3.11. The van der Waals surface area contributed by atoms with Crippen molar-refractivity contribution in [3.05, 3.63) is 60.2 Å². The van der Waals surface area contributed by atoms with Crippen LogP contribution in [0.15, 0.2) is 54.6 Å². The maximum Gasteiger partial charge on any atom is 0.229 e. The Labute approximate surface area is 147 Å². The van der Waals surface area contributed by atoms with E-state index in [1.807, 2.05) is 37.3 Å². The van der Waals surface area contributed by atoms with Crippen molar-refractivity contribution in [2.45, 2.75) is 19.4 Å². The molecule has 5 nitrogen and oxygen atoms in total. The summed E-state index contributed by atoms with van der Waals surface area (Å²) < 4.78 is 5.11. The number of rotatable bonds is 5. The Morgan fingerprint density at radius 2 is 1.84 bits per heavy atom. The van der Waals surface area contributed by atoms with Crippen molar-refractivity contribution in [2.75, 3.05) is 19.0 Å². The molecule has 1 aliphatic heterocycles. The van der Waals surface area contributed by atoms with Crippen LogP contribution in [0.5, 0.6) is 5.75 Å². The summed E-state index contributed by atoms with van der Waals surface area (Å²) in [5.74, 6) is 0.296. The van der Waals surface area contributed by atoms with Crippen molar-refractivity contribution in [3.8, 4) is 5.75 Å². The number of likely N-dealkylation sites (tertiary alicyclic amines) is 1. The van der Waals surface area contributed by atoms with Gasteiger partial charge in [-0.15, -0.1) is 0 Å². The highest BCUT2D eigenvalue weighted by molar-refractivity contribution is 5.97. The Balaban J connectivity index is 1.64. The van der Waals surface area contributed by atoms with Gasteiger partial charge in [0.05, 0.1) is 19.1 Å². The van der Waals surface area contributed by atoms with E-state index in [-0.39, 0.29) is 30.2 Å². The smallest absolute Gasteiger partial charge is 0.229 e. The molecular weight excluding hydrogens is 316 g/mol. The Morgan fingerprint density at radius 3 is 2.48 bits per heavy atom. The molecule has 0 unspecified atom stereocenters. The van der Waals surface area contributed by atoms with Crippen LogP contribution in [0.2, 0.25) is 0 Å². The predicted octanol–water partition coefficient (Wildman–Crippen LogP) is 3.24. The first-order chi connectivity index (χ1) is 12.1. The molecule has 1 fully saturated rings. The second-order valence-electron chi connectivity index (χ2n) is 6.25. The van der Waals surface area contributed by atoms with Gasteiger partial charge < -0.3 is 15.0 Å². The van der Waals surface area contributed by atoms with Crippen LogP contribution in [-0.4, -0.2) is 30.4 Å². The monoisotopic (exact) mass is 338 g/mol. The lowest BCUT2D eigenvalue weighted by molar-refractivity contribution is -0.129. The lowest BCUT2D eigenvalue weighted by atomic mass is 10.1. The largest absolute Gasteiger partial charge is 0.497 e. The maximum absolute atomic E-state index is 12.5. The van der Waals surface area contributed by atoms with E-state index in [0.717, 1.165) is 11.3 Å². The first-order valence-corrected chi connectivity index (χ1v) is 8.38. The lowest BCUT2D eigenvalue weighted by Gasteiger charge is -2.25. The number of carbonyl (C=O) groups excluding carboxylic acids is 2. The van der Waals surface area contributed by atoms with Crippen LogP contribution in [0.25, 0.3) is 0 Å². The molecule has 130 valence electrons. The second kappa shape index (κ2) is 7.38. The standard InChI is InChI=1S/C20H22N2O3/c1-14(15-6-4-3-5-7-15)22-13-16(12-19(22)23)20(24)21-17-8-10-18(25-2)11-9-17/h3-11,14,16H,12-13H2,1-2H3,(H,21,24)/t14-,16+/m1/s1. The van der Waals surface area contributed by atoms with E-state index < -0.39 is 0 Å². The molecule has 1 aliphatic rings. The average Bonchev–Trinajstić information content (AvgIpc) is 3.04. The molecule has 3 rings (SSSR count). The van der Waals surface area contributed by atoms with E-state index in [4.69, 9.17) is 4.74 Å². The van der Waals surface area contributed by atoms with Crippen molar-refractivity contribution < 1.29 is 14.3 Å². The number of anilines is 1. The summed E-state index contributed by atoms with van der Waals surface area (Å²) in [6.45, 7) is 2.44. The SMILES string of the molecule is COc1ccc(NC(=O)[C@H]2CC(=O)N([C@H](C)c3ccccc3)C2)cc1. The van der Waals surface area contributed by atoms with Gasteiger partial charge in [0.2, 0.25) is 11.8 Å². The van der Waals surface area contributed by atoms with Gasteiger partial charge in [-0.1, -0.05) is 30.3 Å². The van der Waals surface area contributed by atoms with Gasteiger partial charge in [0.25, 0.3) is 0 Å². The van der Waals surface area contributed by atoms with Gasteiger partial charge in [-0.05, 0) is 36.8 Å². The van der Waals surface area contributed by atoms with Gasteiger partial charge >= 0.3 is 0 Å². The molecule has 1 heterocycles. The van der Waals surface area contributed by atoms with E-state index >= 15 is 0 Å². The van der Waals surface area contributed by atoms with Crippen LogP contribution in [0.1, 0.15) is 24.9 Å². The van der Waals surface area contributed by atoms with Gasteiger partial charge in [0, 0.05) is 18.7 Å². The van der Waals surface area contributed by atoms with Gasteiger partial charge in [0.1, 0.15) is 5.75 Å². The number of amides is 2. The summed E-state index contributed by atoms with van der Waals surface area (Å²) in [6.07, 6.45) is 0.249. The highest BCUT2D eigenvalue weighted by Crippen LogP contribution is 2.29. The van der Waals surface area contributed by atoms with Crippen LogP contribution in [-0.2, 0) is 9.59 Å². The molecule has 0 bridgehead atoms. The average molecular weight is 338 g/mol. The number of benzene rings is 2. The Hall–Kier alpha value is -2.82. The number of hydrogen-bond donors (Lipinski definition) is 1. The molecule has 2 aromatic rings. The van der Waals surface area contributed by atoms with Crippen LogP contribution in [0.4, 0.5) is 5.69 Å². The highest BCUT2D eigenvalue weighted by Gasteiger charge is 2.36. The predicted molar refractivity (Wildman–Crippen MR) is 96.3 cm³/mol. The van der Waals surface area contributed by atoms with Gasteiger partial charge in [-0.25, -0.2) is 0 Å². The summed E-state index contributed by atoms with van der Waals surface area (Å²) in [7, 11) is 1.60. The summed E-state index contributed by atoms with van der Waals surface area (Å²) in [4.78, 5) is 26.7. The Kier molecular flexibility index (Phi) is 5.03. The van der Waals surface area contributed by atoms with Crippen LogP contribution in [0.3, 0.4) is 0 Å². The third kappa shape index (κ3) is 3.82. The van der Waals surface area contributed by atoms with E-state index in [1.54, 1.807) is 36.3 Å². The summed E-state index contributed by atoms with van der Waals surface area (Å²) in [6, 6.07) is 17.0. The topological polar surface area (TPSA) is 58.6 Å². The van der Waals surface area contributed by atoms with Crippen LogP contribution < -0.4 is 10.1 Å². The second-order valence-corrected chi connectivity index (χ2v) is 6.25. The molecule has 0 radical (unpaired) electrons. The molecular formula is C20H22N2O3. The Morgan fingerprint density at radius 1 is 1.16 bits per heavy atom. The van der Waals surface area contributed by atoms with Crippen LogP contribution >= 0.6 is 0 Å². The first kappa shape index (κ1) is 17.0. The van der Waals surface area contributed by atoms with Gasteiger partial charge in [-0.2, -0.15) is 0 Å². The molecule has 0 aliphatic carbocycles. The summed E-state index contributed by atoms with van der Waals surface area (Å²) >= 11 is 0. The minimum absolute atomic E-state index is 0.0197. The maximum atomic E-state index is 12.5. The fourth-order valence-electron chi connectivity index (χ4n) is 3.11. The number of carbonyl (C=O) groups is 2. The molecule has 25 heavy (non-hydrogen) atoms. The van der Waals surface area contributed by atoms with E-state index in [9.17, 15) is 9.59 Å². The molecule has 5 heteroatoms. The zero-order valence-electron chi connectivity index (χ0n) is 14.4. The van der Waals surface area contributed by atoms with Crippen molar-refractivity contribution in [1.29, 1.82) is 0 Å². The van der Waals surface area contributed by atoms with E-state index in [0.29, 0.717) is 12.2 Å². The van der Waals surface area contributed by atoms with Crippen molar-refractivity contribution >= 4 is 17.5 Å². The summed E-state index contributed by atoms with van der Waals surface area (Å²) in [5, 5.41) is 2.88. The van der Waals surface area contributed by atoms with E-state index in [1.165, 1.54) is 0 Å². The molecule has 1 N–H and O–H groups in total. The van der Waals surface area contributed by atoms with Gasteiger partial charge in [-0.3, -0.25) is 9.59 Å². The minimum Gasteiger partial charge on any atom is -0.497 e. The minimum atomic E-state index is -0.333. The molecule has 2 atom stereocenters. The highest BCUT2D eigenvalue weighted by atomic mass is 16.5.